The number of fused-ring (bicyclic) bond motifs is 1. The summed E-state index contributed by atoms with van der Waals surface area (Å²) in [5, 5.41) is 0. The van der Waals surface area contributed by atoms with E-state index in [-0.39, 0.29) is 4.90 Å². The van der Waals surface area contributed by atoms with Crippen molar-refractivity contribution < 1.29 is 13.2 Å². The minimum atomic E-state index is -3.69. The third-order valence-electron chi connectivity index (χ3n) is 3.98. The number of rotatable bonds is 3. The van der Waals surface area contributed by atoms with Crippen LogP contribution in [0.2, 0.25) is 0 Å². The zero-order valence-electron chi connectivity index (χ0n) is 14.2. The van der Waals surface area contributed by atoms with E-state index in [1.807, 2.05) is 37.6 Å². The third kappa shape index (κ3) is 3.43. The monoisotopic (exact) mass is 374 g/mol. The number of hydrogen-bond donors (Lipinski definition) is 0. The predicted molar refractivity (Wildman–Crippen MR) is 99.3 cm³/mol. The Morgan fingerprint density at radius 1 is 1.08 bits per heavy atom. The van der Waals surface area contributed by atoms with Crippen molar-refractivity contribution in [2.24, 2.45) is 12.0 Å². The molecule has 0 bridgehead atoms. The van der Waals surface area contributed by atoms with Crippen LogP contribution in [0.15, 0.2) is 52.4 Å². The largest absolute Gasteiger partial charge is 0.319 e. The van der Waals surface area contributed by atoms with Crippen LogP contribution in [-0.4, -0.2) is 24.6 Å². The second-order valence-electron chi connectivity index (χ2n) is 5.90. The molecule has 1 amide bonds. The van der Waals surface area contributed by atoms with Crippen molar-refractivity contribution in [2.45, 2.75) is 18.7 Å². The highest BCUT2D eigenvalue weighted by molar-refractivity contribution is 7.92. The lowest BCUT2D eigenvalue weighted by atomic mass is 10.1. The molecule has 0 saturated heterocycles. The van der Waals surface area contributed by atoms with Gasteiger partial charge in [0, 0.05) is 7.05 Å². The van der Waals surface area contributed by atoms with E-state index >= 15 is 0 Å². The number of benzene rings is 2. The number of aryl methyl sites for hydroxylation is 3. The van der Waals surface area contributed by atoms with Gasteiger partial charge in [0.15, 0.2) is 14.6 Å². The molecule has 3 aromatic rings. The van der Waals surface area contributed by atoms with Gasteiger partial charge in [-0.3, -0.25) is 4.79 Å². The van der Waals surface area contributed by atoms with Crippen LogP contribution in [0.4, 0.5) is 0 Å². The molecular weight excluding hydrogens is 356 g/mol. The lowest BCUT2D eigenvalue weighted by molar-refractivity contribution is -0.115. The summed E-state index contributed by atoms with van der Waals surface area (Å²) >= 11 is 1.40. The fraction of sp³-hybridized carbons (Fsp3) is 0.222. The van der Waals surface area contributed by atoms with Crippen molar-refractivity contribution in [1.29, 1.82) is 0 Å². The summed E-state index contributed by atoms with van der Waals surface area (Å²) < 4.78 is 27.5. The molecule has 3 rings (SSSR count). The molecule has 0 N–H and O–H groups in total. The number of aromatic nitrogens is 1. The number of hydrogen-bond acceptors (Lipinski definition) is 4. The normalized spacial score (nSPS) is 12.7. The Morgan fingerprint density at radius 2 is 1.72 bits per heavy atom. The fourth-order valence-corrected chi connectivity index (χ4v) is 4.99. The van der Waals surface area contributed by atoms with Crippen molar-refractivity contribution in [3.8, 4) is 0 Å². The maximum absolute atomic E-state index is 12.3. The Bertz CT molecular complexity index is 1120. The first kappa shape index (κ1) is 17.6. The SMILES string of the molecule is Cc1ccc(C)c2c1sc(=NC(=O)CS(=O)(=O)c1ccccc1)n2C. The summed E-state index contributed by atoms with van der Waals surface area (Å²) in [6, 6.07) is 12.0. The lowest BCUT2D eigenvalue weighted by Crippen LogP contribution is -2.19. The molecule has 0 atom stereocenters. The van der Waals surface area contributed by atoms with E-state index < -0.39 is 21.5 Å². The van der Waals surface area contributed by atoms with Gasteiger partial charge in [0.25, 0.3) is 5.91 Å². The average molecular weight is 374 g/mol. The number of nitrogens with zero attached hydrogens (tertiary/aromatic N) is 2. The molecule has 1 heterocycles. The van der Waals surface area contributed by atoms with E-state index in [1.165, 1.54) is 23.5 Å². The number of carbonyl (C=O) groups excluding carboxylic acids is 1. The van der Waals surface area contributed by atoms with E-state index in [0.717, 1.165) is 21.3 Å². The molecule has 0 radical (unpaired) electrons. The van der Waals surface area contributed by atoms with Gasteiger partial charge in [-0.15, -0.1) is 0 Å². The minimum Gasteiger partial charge on any atom is -0.319 e. The Balaban J connectivity index is 2.00. The summed E-state index contributed by atoms with van der Waals surface area (Å²) in [5.74, 6) is -1.30. The van der Waals surface area contributed by atoms with E-state index in [9.17, 15) is 13.2 Å². The standard InChI is InChI=1S/C18H18N2O3S2/c1-12-9-10-13(2)17-16(12)20(3)18(24-17)19-15(21)11-25(22,23)14-7-5-4-6-8-14/h4-10H,11H2,1-3H3. The number of carbonyl (C=O) groups is 1. The topological polar surface area (TPSA) is 68.5 Å². The van der Waals surface area contributed by atoms with Gasteiger partial charge < -0.3 is 4.57 Å². The van der Waals surface area contributed by atoms with Crippen LogP contribution in [0.25, 0.3) is 10.2 Å². The van der Waals surface area contributed by atoms with Crippen molar-refractivity contribution >= 4 is 37.3 Å². The molecular formula is C18H18N2O3S2. The van der Waals surface area contributed by atoms with Gasteiger partial charge >= 0.3 is 0 Å². The minimum absolute atomic E-state index is 0.131. The predicted octanol–water partition coefficient (Wildman–Crippen LogP) is 2.76. The summed E-state index contributed by atoms with van der Waals surface area (Å²) in [5.41, 5.74) is 3.21. The highest BCUT2D eigenvalue weighted by Gasteiger charge is 2.19. The van der Waals surface area contributed by atoms with Gasteiger partial charge in [0.1, 0.15) is 5.75 Å². The van der Waals surface area contributed by atoms with Crippen LogP contribution in [0, 0.1) is 13.8 Å². The van der Waals surface area contributed by atoms with Crippen LogP contribution in [0.5, 0.6) is 0 Å². The van der Waals surface area contributed by atoms with Crippen LogP contribution in [0.1, 0.15) is 11.1 Å². The Morgan fingerprint density at radius 3 is 2.36 bits per heavy atom. The Labute approximate surface area is 150 Å². The van der Waals surface area contributed by atoms with Crippen LogP contribution >= 0.6 is 11.3 Å². The van der Waals surface area contributed by atoms with Gasteiger partial charge in [-0.1, -0.05) is 41.7 Å². The zero-order chi connectivity index (χ0) is 18.2. The van der Waals surface area contributed by atoms with Gasteiger partial charge in [-0.25, -0.2) is 8.42 Å². The van der Waals surface area contributed by atoms with Crippen molar-refractivity contribution in [1.82, 2.24) is 4.57 Å². The van der Waals surface area contributed by atoms with Crippen LogP contribution in [0.3, 0.4) is 0 Å². The molecule has 0 saturated carbocycles. The van der Waals surface area contributed by atoms with E-state index in [2.05, 4.69) is 4.99 Å². The van der Waals surface area contributed by atoms with Crippen molar-refractivity contribution in [3.05, 3.63) is 58.4 Å². The second-order valence-corrected chi connectivity index (χ2v) is 8.87. The molecule has 0 aliphatic heterocycles. The van der Waals surface area contributed by atoms with Gasteiger partial charge in [0.05, 0.1) is 15.1 Å². The third-order valence-corrected chi connectivity index (χ3v) is 6.87. The molecule has 0 spiro atoms. The Kier molecular flexibility index (Phi) is 4.62. The average Bonchev–Trinajstić information content (AvgIpc) is 2.89. The van der Waals surface area contributed by atoms with E-state index in [1.54, 1.807) is 18.2 Å². The lowest BCUT2D eigenvalue weighted by Gasteiger charge is -2.02. The summed E-state index contributed by atoms with van der Waals surface area (Å²) in [6.07, 6.45) is 0. The van der Waals surface area contributed by atoms with Gasteiger partial charge in [-0.2, -0.15) is 4.99 Å². The molecule has 0 aliphatic carbocycles. The molecule has 1 aromatic heterocycles. The summed E-state index contributed by atoms with van der Waals surface area (Å²) in [6.45, 7) is 4.00. The molecule has 7 heteroatoms. The molecule has 130 valence electrons. The maximum atomic E-state index is 12.3. The first-order valence-electron chi connectivity index (χ1n) is 7.71. The van der Waals surface area contributed by atoms with E-state index in [0.29, 0.717) is 4.80 Å². The Hall–Kier alpha value is -2.25. The number of thiazole rings is 1. The number of amides is 1. The highest BCUT2D eigenvalue weighted by Crippen LogP contribution is 2.24. The van der Waals surface area contributed by atoms with Gasteiger partial charge in [-0.05, 0) is 37.1 Å². The van der Waals surface area contributed by atoms with Crippen molar-refractivity contribution in [2.75, 3.05) is 5.75 Å². The first-order chi connectivity index (χ1) is 11.8. The van der Waals surface area contributed by atoms with Crippen LogP contribution < -0.4 is 4.80 Å². The molecule has 0 unspecified atom stereocenters. The first-order valence-corrected chi connectivity index (χ1v) is 10.2. The summed E-state index contributed by atoms with van der Waals surface area (Å²) in [4.78, 5) is 16.9. The molecule has 2 aromatic carbocycles. The van der Waals surface area contributed by atoms with Crippen molar-refractivity contribution in [3.63, 3.8) is 0 Å². The maximum Gasteiger partial charge on any atom is 0.263 e. The number of sulfone groups is 1. The molecule has 0 aliphatic rings. The zero-order valence-corrected chi connectivity index (χ0v) is 15.8. The highest BCUT2D eigenvalue weighted by atomic mass is 32.2. The van der Waals surface area contributed by atoms with Gasteiger partial charge in [0.2, 0.25) is 0 Å². The van der Waals surface area contributed by atoms with Crippen LogP contribution in [-0.2, 0) is 21.7 Å². The smallest absolute Gasteiger partial charge is 0.263 e. The molecule has 0 fully saturated rings. The fourth-order valence-electron chi connectivity index (χ4n) is 2.68. The van der Waals surface area contributed by atoms with E-state index in [4.69, 9.17) is 0 Å². The summed E-state index contributed by atoms with van der Waals surface area (Å²) in [7, 11) is -1.85. The quantitative estimate of drug-likeness (QED) is 0.708. The second kappa shape index (κ2) is 6.57. The molecule has 25 heavy (non-hydrogen) atoms. The molecule has 5 nitrogen and oxygen atoms in total.